The normalized spacial score (nSPS) is 17.7. The van der Waals surface area contributed by atoms with E-state index < -0.39 is 14.8 Å². The van der Waals surface area contributed by atoms with Crippen molar-refractivity contribution in [3.8, 4) is 0 Å². The monoisotopic (exact) mass is 303 g/mol. The van der Waals surface area contributed by atoms with Crippen molar-refractivity contribution in [2.45, 2.75) is 17.8 Å². The van der Waals surface area contributed by atoms with E-state index in [1.54, 1.807) is 18.2 Å². The van der Waals surface area contributed by atoms with E-state index in [4.69, 9.17) is 0 Å². The molecule has 0 atom stereocenters. The summed E-state index contributed by atoms with van der Waals surface area (Å²) >= 11 is 0. The van der Waals surface area contributed by atoms with Crippen LogP contribution in [0.1, 0.15) is 12.8 Å². The van der Waals surface area contributed by atoms with Crippen molar-refractivity contribution in [1.82, 2.24) is 5.32 Å². The number of benzene rings is 1. The predicted molar refractivity (Wildman–Crippen MR) is 76.3 cm³/mol. The summed E-state index contributed by atoms with van der Waals surface area (Å²) in [5, 5.41) is 0.889. The molecule has 20 heavy (non-hydrogen) atoms. The van der Waals surface area contributed by atoms with Crippen molar-refractivity contribution in [3.63, 3.8) is 0 Å². The molecule has 1 heterocycles. The number of nitrogens with one attached hydrogen (secondary N) is 1. The van der Waals surface area contributed by atoms with E-state index in [9.17, 15) is 17.2 Å². The van der Waals surface area contributed by atoms with Crippen LogP contribution in [0.4, 0.5) is 8.78 Å². The molecular weight excluding hydrogens is 284 g/mol. The summed E-state index contributed by atoms with van der Waals surface area (Å²) in [5.41, 5.74) is 0. The van der Waals surface area contributed by atoms with Gasteiger partial charge in [0, 0.05) is 12.8 Å². The Bertz CT molecular complexity index is 511. The zero-order valence-corrected chi connectivity index (χ0v) is 12.0. The van der Waals surface area contributed by atoms with Gasteiger partial charge >= 0.3 is 0 Å². The van der Waals surface area contributed by atoms with Gasteiger partial charge in [0.2, 0.25) is 5.00 Å². The standard InChI is InChI=1S/C8H14FNO2S.C6H5F/c1-2-7-13(11,12)8(9)3-5-10-6-4-8;7-6-4-2-1-3-5-6/h2,10H,1,3-7H2;1-5H. The third-order valence-electron chi connectivity index (χ3n) is 2.98. The fraction of sp³-hybridized carbons (Fsp3) is 0.429. The quantitative estimate of drug-likeness (QED) is 0.873. The summed E-state index contributed by atoms with van der Waals surface area (Å²) in [5.74, 6) is -0.453. The lowest BCUT2D eigenvalue weighted by atomic mass is 10.1. The molecule has 1 aliphatic heterocycles. The van der Waals surface area contributed by atoms with E-state index in [-0.39, 0.29) is 24.4 Å². The van der Waals surface area contributed by atoms with E-state index in [1.165, 1.54) is 18.2 Å². The van der Waals surface area contributed by atoms with Crippen LogP contribution in [0.3, 0.4) is 0 Å². The fourth-order valence-electron chi connectivity index (χ4n) is 1.83. The fourth-order valence-corrected chi connectivity index (χ4v) is 3.27. The Balaban J connectivity index is 0.000000240. The van der Waals surface area contributed by atoms with Gasteiger partial charge in [-0.25, -0.2) is 17.2 Å². The Labute approximate surface area is 118 Å². The van der Waals surface area contributed by atoms with Crippen LogP contribution in [0.25, 0.3) is 0 Å². The molecule has 0 aromatic heterocycles. The van der Waals surface area contributed by atoms with E-state index in [2.05, 4.69) is 11.9 Å². The molecule has 1 aromatic rings. The first-order valence-electron chi connectivity index (χ1n) is 6.35. The molecule has 6 heteroatoms. The average molecular weight is 303 g/mol. The summed E-state index contributed by atoms with van der Waals surface area (Å²) in [4.78, 5) is 0. The van der Waals surface area contributed by atoms with E-state index in [0.29, 0.717) is 13.1 Å². The highest BCUT2D eigenvalue weighted by Gasteiger charge is 2.43. The van der Waals surface area contributed by atoms with Gasteiger partial charge in [-0.05, 0) is 25.2 Å². The summed E-state index contributed by atoms with van der Waals surface area (Å²) in [6, 6.07) is 7.94. The van der Waals surface area contributed by atoms with Crippen molar-refractivity contribution in [2.75, 3.05) is 18.8 Å². The van der Waals surface area contributed by atoms with Gasteiger partial charge in [0.1, 0.15) is 5.82 Å². The van der Waals surface area contributed by atoms with Crippen molar-refractivity contribution in [3.05, 3.63) is 48.8 Å². The first-order valence-corrected chi connectivity index (χ1v) is 8.00. The number of sulfone groups is 1. The molecule has 3 nitrogen and oxygen atoms in total. The lowest BCUT2D eigenvalue weighted by molar-refractivity contribution is 0.206. The Morgan fingerprint density at radius 3 is 2.20 bits per heavy atom. The van der Waals surface area contributed by atoms with Gasteiger partial charge in [0.15, 0.2) is 9.84 Å². The van der Waals surface area contributed by atoms with Crippen LogP contribution in [0.2, 0.25) is 0 Å². The molecule has 0 saturated carbocycles. The molecule has 0 bridgehead atoms. The third-order valence-corrected chi connectivity index (χ3v) is 5.18. The molecule has 1 fully saturated rings. The number of hydrogen-bond donors (Lipinski definition) is 1. The topological polar surface area (TPSA) is 46.2 Å². The highest BCUT2D eigenvalue weighted by Crippen LogP contribution is 2.30. The van der Waals surface area contributed by atoms with E-state index >= 15 is 0 Å². The van der Waals surface area contributed by atoms with E-state index in [0.717, 1.165) is 0 Å². The molecule has 0 radical (unpaired) electrons. The van der Waals surface area contributed by atoms with Crippen molar-refractivity contribution >= 4 is 9.84 Å². The SMILES string of the molecule is C=CCS(=O)(=O)C1(F)CCNCC1.Fc1ccccc1. The molecule has 1 saturated heterocycles. The summed E-state index contributed by atoms with van der Waals surface area (Å²) < 4.78 is 48.6. The number of hydrogen-bond acceptors (Lipinski definition) is 3. The van der Waals surface area contributed by atoms with Crippen LogP contribution in [0, 0.1) is 5.82 Å². The number of rotatable bonds is 3. The van der Waals surface area contributed by atoms with Gasteiger partial charge in [-0.3, -0.25) is 0 Å². The zero-order valence-electron chi connectivity index (χ0n) is 11.2. The second-order valence-electron chi connectivity index (χ2n) is 4.50. The van der Waals surface area contributed by atoms with Gasteiger partial charge in [-0.1, -0.05) is 24.3 Å². The molecule has 112 valence electrons. The van der Waals surface area contributed by atoms with Gasteiger partial charge in [0.05, 0.1) is 5.75 Å². The van der Waals surface area contributed by atoms with Gasteiger partial charge < -0.3 is 5.32 Å². The van der Waals surface area contributed by atoms with Crippen LogP contribution in [-0.2, 0) is 9.84 Å². The molecule has 0 aliphatic carbocycles. The summed E-state index contributed by atoms with van der Waals surface area (Å²) in [6.07, 6.45) is 1.32. The second-order valence-corrected chi connectivity index (χ2v) is 6.79. The minimum Gasteiger partial charge on any atom is -0.316 e. The Morgan fingerprint density at radius 1 is 1.25 bits per heavy atom. The predicted octanol–water partition coefficient (Wildman–Crippen LogP) is 2.46. The highest BCUT2D eigenvalue weighted by molar-refractivity contribution is 7.92. The van der Waals surface area contributed by atoms with Crippen LogP contribution in [-0.4, -0.2) is 32.3 Å². The lowest BCUT2D eigenvalue weighted by Gasteiger charge is -2.29. The number of piperidine rings is 1. The molecule has 0 spiro atoms. The molecule has 0 unspecified atom stereocenters. The Hall–Kier alpha value is -1.27. The first-order chi connectivity index (χ1) is 9.41. The molecule has 2 rings (SSSR count). The van der Waals surface area contributed by atoms with Gasteiger partial charge in [-0.2, -0.15) is 0 Å². The summed E-state index contributed by atoms with van der Waals surface area (Å²) in [7, 11) is -3.66. The highest BCUT2D eigenvalue weighted by atomic mass is 32.2. The first kappa shape index (κ1) is 16.8. The maximum Gasteiger partial charge on any atom is 0.213 e. The Kier molecular flexibility index (Phi) is 6.29. The Morgan fingerprint density at radius 2 is 1.80 bits per heavy atom. The van der Waals surface area contributed by atoms with Crippen LogP contribution < -0.4 is 5.32 Å². The minimum absolute atomic E-state index is 0.0448. The van der Waals surface area contributed by atoms with E-state index in [1.807, 2.05) is 0 Å². The summed E-state index contributed by atoms with van der Waals surface area (Å²) in [6.45, 7) is 4.16. The molecule has 1 aliphatic rings. The van der Waals surface area contributed by atoms with Crippen LogP contribution >= 0.6 is 0 Å². The molecular formula is C14H19F2NO2S. The maximum absolute atomic E-state index is 13.9. The van der Waals surface area contributed by atoms with Gasteiger partial charge in [-0.15, -0.1) is 6.58 Å². The van der Waals surface area contributed by atoms with Crippen molar-refractivity contribution in [1.29, 1.82) is 0 Å². The van der Waals surface area contributed by atoms with Crippen LogP contribution in [0.5, 0.6) is 0 Å². The number of halogens is 2. The minimum atomic E-state index is -3.66. The third kappa shape index (κ3) is 4.68. The second kappa shape index (κ2) is 7.50. The largest absolute Gasteiger partial charge is 0.316 e. The van der Waals surface area contributed by atoms with Crippen molar-refractivity contribution in [2.24, 2.45) is 0 Å². The molecule has 1 N–H and O–H groups in total. The molecule has 1 aromatic carbocycles. The van der Waals surface area contributed by atoms with Gasteiger partial charge in [0.25, 0.3) is 0 Å². The number of alkyl halides is 1. The van der Waals surface area contributed by atoms with Crippen molar-refractivity contribution < 1.29 is 17.2 Å². The maximum atomic E-state index is 13.9. The van der Waals surface area contributed by atoms with Crippen LogP contribution in [0.15, 0.2) is 43.0 Å². The lowest BCUT2D eigenvalue weighted by Crippen LogP contribution is -2.45. The molecule has 0 amide bonds. The smallest absolute Gasteiger partial charge is 0.213 e. The average Bonchev–Trinajstić information content (AvgIpc) is 2.41. The zero-order chi connectivity index (χ0) is 15.1.